The lowest BCUT2D eigenvalue weighted by Gasteiger charge is -2.39. The van der Waals surface area contributed by atoms with E-state index in [0.717, 1.165) is 24.3 Å². The van der Waals surface area contributed by atoms with Gasteiger partial charge in [0, 0.05) is 61.5 Å². The van der Waals surface area contributed by atoms with E-state index in [-0.39, 0.29) is 36.2 Å². The maximum absolute atomic E-state index is 13.9. The van der Waals surface area contributed by atoms with Crippen molar-refractivity contribution in [1.82, 2.24) is 9.21 Å². The molecule has 0 saturated carbocycles. The van der Waals surface area contributed by atoms with Crippen LogP contribution in [-0.4, -0.2) is 62.8 Å². The zero-order chi connectivity index (χ0) is 23.6. The molecule has 9 heteroatoms. The Morgan fingerprint density at radius 2 is 1.70 bits per heavy atom. The predicted octanol–water partition coefficient (Wildman–Crippen LogP) is 3.68. The number of rotatable bonds is 5. The highest BCUT2D eigenvalue weighted by Gasteiger charge is 2.34. The van der Waals surface area contributed by atoms with E-state index in [1.165, 1.54) is 16.4 Å². The van der Waals surface area contributed by atoms with Gasteiger partial charge in [-0.2, -0.15) is 0 Å². The summed E-state index contributed by atoms with van der Waals surface area (Å²) in [5, 5.41) is 0.700. The molecule has 6 nitrogen and oxygen atoms in total. The van der Waals surface area contributed by atoms with Crippen molar-refractivity contribution in [3.05, 3.63) is 64.4 Å². The Bertz CT molecular complexity index is 1110. The smallest absolute Gasteiger partial charge is 0.225 e. The standard InChI is InChI=1S/C24H29ClFN3O3S/c1-18-6-7-21(25)16-23(18)27-12-14-28(15-13-27)24(30)19-8-10-29(11-9-19)33(31,32)17-20-4-2-3-5-22(20)26/h2-7,16,19H,8-15,17H2,1H3. The molecular formula is C24H29ClFN3O3S. The van der Waals surface area contributed by atoms with Gasteiger partial charge in [-0.15, -0.1) is 0 Å². The second kappa shape index (κ2) is 9.99. The molecule has 4 rings (SSSR count). The van der Waals surface area contributed by atoms with Crippen molar-refractivity contribution in [2.45, 2.75) is 25.5 Å². The largest absolute Gasteiger partial charge is 0.368 e. The Balaban J connectivity index is 1.30. The Kier molecular flexibility index (Phi) is 7.26. The minimum Gasteiger partial charge on any atom is -0.368 e. The number of aryl methyl sites for hydroxylation is 1. The van der Waals surface area contributed by atoms with E-state index in [0.29, 0.717) is 31.0 Å². The molecule has 0 atom stereocenters. The van der Waals surface area contributed by atoms with Crippen LogP contribution < -0.4 is 4.90 Å². The predicted molar refractivity (Wildman–Crippen MR) is 128 cm³/mol. The number of hydrogen-bond acceptors (Lipinski definition) is 4. The summed E-state index contributed by atoms with van der Waals surface area (Å²) in [5.41, 5.74) is 2.43. The van der Waals surface area contributed by atoms with E-state index in [1.54, 1.807) is 12.1 Å². The molecule has 178 valence electrons. The Morgan fingerprint density at radius 3 is 2.36 bits per heavy atom. The number of piperidine rings is 1. The SMILES string of the molecule is Cc1ccc(Cl)cc1N1CCN(C(=O)C2CCN(S(=O)(=O)Cc3ccccc3F)CC2)CC1. The zero-order valence-electron chi connectivity index (χ0n) is 18.7. The Morgan fingerprint density at radius 1 is 1.03 bits per heavy atom. The lowest BCUT2D eigenvalue weighted by atomic mass is 9.96. The molecule has 0 unspecified atom stereocenters. The molecule has 2 saturated heterocycles. The van der Waals surface area contributed by atoms with Gasteiger partial charge in [0.25, 0.3) is 0 Å². The summed E-state index contributed by atoms with van der Waals surface area (Å²) in [6, 6.07) is 11.8. The number of nitrogens with zero attached hydrogens (tertiary/aromatic N) is 3. The normalized spacial score (nSPS) is 18.5. The lowest BCUT2D eigenvalue weighted by Crippen LogP contribution is -2.52. The lowest BCUT2D eigenvalue weighted by molar-refractivity contribution is -0.137. The van der Waals surface area contributed by atoms with E-state index in [2.05, 4.69) is 11.8 Å². The second-order valence-electron chi connectivity index (χ2n) is 8.76. The maximum atomic E-state index is 13.9. The molecule has 0 bridgehead atoms. The van der Waals surface area contributed by atoms with Crippen molar-refractivity contribution in [2.24, 2.45) is 5.92 Å². The number of piperazine rings is 1. The first-order valence-electron chi connectivity index (χ1n) is 11.3. The third kappa shape index (κ3) is 5.50. The molecule has 0 radical (unpaired) electrons. The van der Waals surface area contributed by atoms with E-state index < -0.39 is 15.8 Å². The summed E-state index contributed by atoms with van der Waals surface area (Å²) in [5.74, 6) is -0.949. The average Bonchev–Trinajstić information content (AvgIpc) is 2.82. The topological polar surface area (TPSA) is 60.9 Å². The van der Waals surface area contributed by atoms with Gasteiger partial charge in [-0.1, -0.05) is 35.9 Å². The molecule has 33 heavy (non-hydrogen) atoms. The van der Waals surface area contributed by atoms with Crippen molar-refractivity contribution in [3.63, 3.8) is 0 Å². The molecule has 0 aromatic heterocycles. The molecule has 2 aromatic carbocycles. The first-order valence-corrected chi connectivity index (χ1v) is 13.2. The van der Waals surface area contributed by atoms with Crippen LogP contribution in [0.4, 0.5) is 10.1 Å². The number of anilines is 1. The van der Waals surface area contributed by atoms with Crippen LogP contribution in [0.25, 0.3) is 0 Å². The maximum Gasteiger partial charge on any atom is 0.225 e. The number of benzene rings is 2. The van der Waals surface area contributed by atoms with Gasteiger partial charge in [0.2, 0.25) is 15.9 Å². The van der Waals surface area contributed by atoms with Crippen LogP contribution in [0.5, 0.6) is 0 Å². The fourth-order valence-corrected chi connectivity index (χ4v) is 6.38. The third-order valence-electron chi connectivity index (χ3n) is 6.60. The van der Waals surface area contributed by atoms with Crippen LogP contribution in [0.2, 0.25) is 5.02 Å². The van der Waals surface area contributed by atoms with E-state index in [4.69, 9.17) is 11.6 Å². The monoisotopic (exact) mass is 493 g/mol. The fraction of sp³-hybridized carbons (Fsp3) is 0.458. The average molecular weight is 494 g/mol. The van der Waals surface area contributed by atoms with Crippen LogP contribution in [0.15, 0.2) is 42.5 Å². The minimum atomic E-state index is -3.63. The molecule has 2 heterocycles. The van der Waals surface area contributed by atoms with Crippen LogP contribution in [0.1, 0.15) is 24.0 Å². The van der Waals surface area contributed by atoms with Gasteiger partial charge in [-0.25, -0.2) is 17.1 Å². The molecule has 0 N–H and O–H groups in total. The van der Waals surface area contributed by atoms with Gasteiger partial charge in [0.1, 0.15) is 5.82 Å². The van der Waals surface area contributed by atoms with Gasteiger partial charge >= 0.3 is 0 Å². The highest BCUT2D eigenvalue weighted by molar-refractivity contribution is 7.88. The molecule has 2 aromatic rings. The van der Waals surface area contributed by atoms with Crippen LogP contribution >= 0.6 is 11.6 Å². The van der Waals surface area contributed by atoms with E-state index >= 15 is 0 Å². The minimum absolute atomic E-state index is 0.101. The summed E-state index contributed by atoms with van der Waals surface area (Å²) in [6.07, 6.45) is 0.978. The summed E-state index contributed by atoms with van der Waals surface area (Å²) in [6.45, 7) is 5.37. The highest BCUT2D eigenvalue weighted by atomic mass is 35.5. The first-order chi connectivity index (χ1) is 15.7. The van der Waals surface area contributed by atoms with Gasteiger partial charge in [-0.05, 0) is 43.5 Å². The molecule has 2 fully saturated rings. The number of hydrogen-bond donors (Lipinski definition) is 0. The Labute approximate surface area is 200 Å². The molecule has 2 aliphatic heterocycles. The molecule has 1 amide bonds. The summed E-state index contributed by atoms with van der Waals surface area (Å²) in [7, 11) is -3.63. The number of carbonyl (C=O) groups is 1. The molecular weight excluding hydrogens is 465 g/mol. The quantitative estimate of drug-likeness (QED) is 0.637. The third-order valence-corrected chi connectivity index (χ3v) is 8.66. The summed E-state index contributed by atoms with van der Waals surface area (Å²) >= 11 is 6.16. The zero-order valence-corrected chi connectivity index (χ0v) is 20.3. The highest BCUT2D eigenvalue weighted by Crippen LogP contribution is 2.27. The van der Waals surface area contributed by atoms with Crippen LogP contribution in [0, 0.1) is 18.7 Å². The van der Waals surface area contributed by atoms with Crippen molar-refractivity contribution in [3.8, 4) is 0 Å². The number of halogens is 2. The van der Waals surface area contributed by atoms with Crippen molar-refractivity contribution in [1.29, 1.82) is 0 Å². The number of amides is 1. The fourth-order valence-electron chi connectivity index (χ4n) is 4.63. The number of carbonyl (C=O) groups excluding carboxylic acids is 1. The van der Waals surface area contributed by atoms with E-state index in [9.17, 15) is 17.6 Å². The summed E-state index contributed by atoms with van der Waals surface area (Å²) in [4.78, 5) is 17.2. The molecule has 0 spiro atoms. The van der Waals surface area contributed by atoms with Crippen LogP contribution in [0.3, 0.4) is 0 Å². The first kappa shape index (κ1) is 24.0. The second-order valence-corrected chi connectivity index (χ2v) is 11.2. The van der Waals surface area contributed by atoms with Gasteiger partial charge in [-0.3, -0.25) is 4.79 Å². The van der Waals surface area contributed by atoms with Gasteiger partial charge in [0.15, 0.2) is 0 Å². The molecule has 0 aliphatic carbocycles. The van der Waals surface area contributed by atoms with Gasteiger partial charge < -0.3 is 9.80 Å². The Hall–Kier alpha value is -2.16. The van der Waals surface area contributed by atoms with Crippen molar-refractivity contribution < 1.29 is 17.6 Å². The summed E-state index contributed by atoms with van der Waals surface area (Å²) < 4.78 is 40.8. The van der Waals surface area contributed by atoms with Crippen molar-refractivity contribution >= 4 is 33.2 Å². The van der Waals surface area contributed by atoms with Crippen LogP contribution in [-0.2, 0) is 20.6 Å². The molecule has 2 aliphatic rings. The van der Waals surface area contributed by atoms with E-state index in [1.807, 2.05) is 23.1 Å². The number of sulfonamides is 1. The van der Waals surface area contributed by atoms with Gasteiger partial charge in [0.05, 0.1) is 5.75 Å². The van der Waals surface area contributed by atoms with Crippen molar-refractivity contribution in [2.75, 3.05) is 44.2 Å².